The average Bonchev–Trinajstić information content (AvgIpc) is 2.89. The number of methoxy groups -OCH3 is 2. The van der Waals surface area contributed by atoms with Crippen molar-refractivity contribution < 1.29 is 23.9 Å². The SMILES string of the molecule is CCC(CC)(CC)C(=O)Oc1c(N=Nc2cc(C)c([N+](=O)[O-])cc2OC)cc(OC)c2ccccc12. The Morgan fingerprint density at radius 1 is 0.917 bits per heavy atom. The van der Waals surface area contributed by atoms with E-state index in [9.17, 15) is 14.9 Å². The van der Waals surface area contributed by atoms with E-state index in [0.717, 1.165) is 5.39 Å². The Labute approximate surface area is 210 Å². The molecule has 0 amide bonds. The molecule has 3 aromatic rings. The van der Waals surface area contributed by atoms with Gasteiger partial charge in [-0.05, 0) is 32.3 Å². The Bertz CT molecular complexity index is 1310. The molecule has 190 valence electrons. The number of rotatable bonds is 10. The van der Waals surface area contributed by atoms with E-state index < -0.39 is 10.3 Å². The highest BCUT2D eigenvalue weighted by Gasteiger charge is 2.36. The number of hydrogen-bond donors (Lipinski definition) is 0. The summed E-state index contributed by atoms with van der Waals surface area (Å²) in [6, 6.07) is 11.9. The zero-order valence-electron chi connectivity index (χ0n) is 21.5. The normalized spacial score (nSPS) is 11.6. The topological polar surface area (TPSA) is 113 Å². The molecule has 0 bridgehead atoms. The number of carbonyl (C=O) groups excluding carboxylic acids is 1. The van der Waals surface area contributed by atoms with Crippen LogP contribution in [0.3, 0.4) is 0 Å². The number of esters is 1. The molecule has 0 aliphatic heterocycles. The molecule has 0 aliphatic carbocycles. The summed E-state index contributed by atoms with van der Waals surface area (Å²) in [7, 11) is 2.95. The molecule has 0 unspecified atom stereocenters. The van der Waals surface area contributed by atoms with Crippen molar-refractivity contribution >= 4 is 33.8 Å². The number of nitro groups is 1. The van der Waals surface area contributed by atoms with E-state index in [1.165, 1.54) is 19.2 Å². The van der Waals surface area contributed by atoms with Gasteiger partial charge in [0, 0.05) is 22.4 Å². The molecule has 0 saturated carbocycles. The Morgan fingerprint density at radius 3 is 2.06 bits per heavy atom. The number of aryl methyl sites for hydroxylation is 1. The van der Waals surface area contributed by atoms with Crippen LogP contribution < -0.4 is 14.2 Å². The lowest BCUT2D eigenvalue weighted by Gasteiger charge is -2.28. The van der Waals surface area contributed by atoms with Gasteiger partial charge in [0.1, 0.15) is 17.1 Å². The summed E-state index contributed by atoms with van der Waals surface area (Å²) in [5, 5.41) is 21.4. The van der Waals surface area contributed by atoms with Crippen LogP contribution in [0.2, 0.25) is 0 Å². The van der Waals surface area contributed by atoms with Crippen LogP contribution in [0.5, 0.6) is 17.2 Å². The number of benzene rings is 3. The van der Waals surface area contributed by atoms with Gasteiger partial charge in [0.15, 0.2) is 11.5 Å². The predicted octanol–water partition coefficient (Wildman–Crippen LogP) is 7.61. The summed E-state index contributed by atoms with van der Waals surface area (Å²) in [6.07, 6.45) is 1.93. The lowest BCUT2D eigenvalue weighted by atomic mass is 9.80. The van der Waals surface area contributed by atoms with Gasteiger partial charge in [0.2, 0.25) is 0 Å². The van der Waals surface area contributed by atoms with Gasteiger partial charge >= 0.3 is 5.97 Å². The van der Waals surface area contributed by atoms with E-state index in [-0.39, 0.29) is 28.8 Å². The first kappa shape index (κ1) is 26.6. The molecule has 0 atom stereocenters. The monoisotopic (exact) mass is 493 g/mol. The second-order valence-electron chi connectivity index (χ2n) is 8.47. The van der Waals surface area contributed by atoms with Crippen LogP contribution in [0.1, 0.15) is 45.6 Å². The summed E-state index contributed by atoms with van der Waals surface area (Å²) in [5.41, 5.74) is 0.303. The van der Waals surface area contributed by atoms with Crippen LogP contribution in [0.4, 0.5) is 17.1 Å². The van der Waals surface area contributed by atoms with Crippen LogP contribution in [0, 0.1) is 22.5 Å². The van der Waals surface area contributed by atoms with Crippen LogP contribution in [0.25, 0.3) is 10.8 Å². The van der Waals surface area contributed by atoms with E-state index in [2.05, 4.69) is 10.2 Å². The predicted molar refractivity (Wildman–Crippen MR) is 138 cm³/mol. The van der Waals surface area contributed by atoms with Crippen molar-refractivity contribution in [1.82, 2.24) is 0 Å². The van der Waals surface area contributed by atoms with Crippen LogP contribution in [-0.4, -0.2) is 25.1 Å². The maximum absolute atomic E-state index is 13.4. The van der Waals surface area contributed by atoms with Crippen LogP contribution in [-0.2, 0) is 4.79 Å². The maximum Gasteiger partial charge on any atom is 0.317 e. The number of fused-ring (bicyclic) bond motifs is 1. The fourth-order valence-electron chi connectivity index (χ4n) is 4.24. The molecule has 0 N–H and O–H groups in total. The molecule has 0 spiro atoms. The minimum absolute atomic E-state index is 0.0807. The Balaban J connectivity index is 2.19. The standard InChI is InChI=1S/C27H31N3O6/c1-7-27(8-2,9-3)26(31)36-25-19-13-11-10-12-18(19)23(34-5)15-21(25)29-28-20-14-17(4)22(30(32)33)16-24(20)35-6/h10-16H,7-9H2,1-6H3. The van der Waals surface area contributed by atoms with E-state index in [1.54, 1.807) is 20.1 Å². The van der Waals surface area contributed by atoms with E-state index in [1.807, 2.05) is 45.0 Å². The van der Waals surface area contributed by atoms with E-state index in [0.29, 0.717) is 41.6 Å². The van der Waals surface area contributed by atoms with Gasteiger partial charge in [-0.1, -0.05) is 45.0 Å². The van der Waals surface area contributed by atoms with Crippen molar-refractivity contribution in [3.63, 3.8) is 0 Å². The molecule has 0 fully saturated rings. The summed E-state index contributed by atoms with van der Waals surface area (Å²) >= 11 is 0. The molecule has 36 heavy (non-hydrogen) atoms. The summed E-state index contributed by atoms with van der Waals surface area (Å²) in [5.74, 6) is 0.686. The van der Waals surface area contributed by atoms with Crippen LogP contribution >= 0.6 is 0 Å². The minimum atomic E-state index is -0.617. The number of hydrogen-bond acceptors (Lipinski definition) is 8. The molecule has 3 rings (SSSR count). The molecule has 0 heterocycles. The highest BCUT2D eigenvalue weighted by atomic mass is 16.6. The number of nitro benzene ring substituents is 1. The van der Waals surface area contributed by atoms with E-state index >= 15 is 0 Å². The minimum Gasteiger partial charge on any atom is -0.496 e. The van der Waals surface area contributed by atoms with Crippen molar-refractivity contribution in [3.8, 4) is 17.2 Å². The number of azo groups is 1. The molecule has 9 heteroatoms. The van der Waals surface area contributed by atoms with E-state index in [4.69, 9.17) is 14.2 Å². The molecular weight excluding hydrogens is 462 g/mol. The summed E-state index contributed by atoms with van der Waals surface area (Å²) in [6.45, 7) is 7.54. The molecule has 0 saturated heterocycles. The molecule has 3 aromatic carbocycles. The van der Waals surface area contributed by atoms with Gasteiger partial charge in [0.25, 0.3) is 5.69 Å². The van der Waals surface area contributed by atoms with Crippen molar-refractivity contribution in [3.05, 3.63) is 58.1 Å². The van der Waals surface area contributed by atoms with Crippen molar-refractivity contribution in [1.29, 1.82) is 0 Å². The Hall–Kier alpha value is -4.01. The number of nitrogens with zero attached hydrogens (tertiary/aromatic N) is 3. The van der Waals surface area contributed by atoms with Gasteiger partial charge in [-0.2, -0.15) is 0 Å². The van der Waals surface area contributed by atoms with Gasteiger partial charge in [-0.15, -0.1) is 10.2 Å². The highest BCUT2D eigenvalue weighted by Crippen LogP contribution is 2.45. The third kappa shape index (κ3) is 5.00. The number of carbonyl (C=O) groups is 1. The first-order valence-corrected chi connectivity index (χ1v) is 11.8. The second kappa shape index (κ2) is 11.2. The van der Waals surface area contributed by atoms with Gasteiger partial charge < -0.3 is 14.2 Å². The molecular formula is C27H31N3O6. The van der Waals surface area contributed by atoms with Crippen molar-refractivity contribution in [2.75, 3.05) is 14.2 Å². The molecule has 0 aliphatic rings. The lowest BCUT2D eigenvalue weighted by Crippen LogP contribution is -2.33. The summed E-state index contributed by atoms with van der Waals surface area (Å²) in [4.78, 5) is 24.2. The molecule has 9 nitrogen and oxygen atoms in total. The highest BCUT2D eigenvalue weighted by molar-refractivity contribution is 5.99. The first-order chi connectivity index (χ1) is 17.2. The van der Waals surface area contributed by atoms with Gasteiger partial charge in [-0.25, -0.2) is 0 Å². The fraction of sp³-hybridized carbons (Fsp3) is 0.370. The third-order valence-corrected chi connectivity index (χ3v) is 6.78. The molecule has 0 radical (unpaired) electrons. The average molecular weight is 494 g/mol. The second-order valence-corrected chi connectivity index (χ2v) is 8.47. The summed E-state index contributed by atoms with van der Waals surface area (Å²) < 4.78 is 16.9. The largest absolute Gasteiger partial charge is 0.496 e. The molecule has 0 aromatic heterocycles. The Morgan fingerprint density at radius 2 is 1.50 bits per heavy atom. The number of ether oxygens (including phenoxy) is 3. The first-order valence-electron chi connectivity index (χ1n) is 11.8. The lowest BCUT2D eigenvalue weighted by molar-refractivity contribution is -0.385. The fourth-order valence-corrected chi connectivity index (χ4v) is 4.24. The van der Waals surface area contributed by atoms with Gasteiger partial charge in [0.05, 0.1) is 30.6 Å². The maximum atomic E-state index is 13.4. The smallest absolute Gasteiger partial charge is 0.317 e. The van der Waals surface area contributed by atoms with Crippen molar-refractivity contribution in [2.24, 2.45) is 15.6 Å². The third-order valence-electron chi connectivity index (χ3n) is 6.78. The quantitative estimate of drug-likeness (QED) is 0.0944. The van der Waals surface area contributed by atoms with Crippen LogP contribution in [0.15, 0.2) is 52.7 Å². The Kier molecular flexibility index (Phi) is 8.24. The zero-order valence-corrected chi connectivity index (χ0v) is 21.5. The van der Waals surface area contributed by atoms with Crippen molar-refractivity contribution in [2.45, 2.75) is 47.0 Å². The zero-order chi connectivity index (χ0) is 26.5. The van der Waals surface area contributed by atoms with Gasteiger partial charge in [-0.3, -0.25) is 14.9 Å².